The molecule has 3 nitrogen and oxygen atoms in total. The molecule has 0 spiro atoms. The minimum Gasteiger partial charge on any atom is -0.399 e. The van der Waals surface area contributed by atoms with E-state index in [2.05, 4.69) is 46.7 Å². The molecule has 0 amide bonds. The van der Waals surface area contributed by atoms with Crippen molar-refractivity contribution < 1.29 is 0 Å². The lowest BCUT2D eigenvalue weighted by molar-refractivity contribution is 0.868. The summed E-state index contributed by atoms with van der Waals surface area (Å²) in [7, 11) is 0. The van der Waals surface area contributed by atoms with E-state index in [-0.39, 0.29) is 6.04 Å². The highest BCUT2D eigenvalue weighted by Crippen LogP contribution is 2.27. The Kier molecular flexibility index (Phi) is 3.88. The Labute approximate surface area is 119 Å². The van der Waals surface area contributed by atoms with Crippen LogP contribution in [-0.2, 0) is 0 Å². The van der Waals surface area contributed by atoms with Crippen molar-refractivity contribution in [1.29, 1.82) is 0 Å². The molecule has 1 aromatic carbocycles. The minimum atomic E-state index is 0.214. The third-order valence-electron chi connectivity index (χ3n) is 2.37. The lowest BCUT2D eigenvalue weighted by Gasteiger charge is -2.14. The van der Waals surface area contributed by atoms with Crippen LogP contribution in [0.1, 0.15) is 22.9 Å². The molecular weight excluding hydrogens is 345 g/mol. The fourth-order valence-corrected chi connectivity index (χ4v) is 2.99. The number of aromatic nitrogens is 1. The number of halogens is 1. The van der Waals surface area contributed by atoms with Gasteiger partial charge < -0.3 is 11.1 Å². The molecule has 90 valence electrons. The summed E-state index contributed by atoms with van der Waals surface area (Å²) in [5.74, 6) is 0. The van der Waals surface area contributed by atoms with Crippen molar-refractivity contribution in [2.24, 2.45) is 0 Å². The number of nitrogens with zero attached hydrogens (tertiary/aromatic N) is 1. The van der Waals surface area contributed by atoms with E-state index in [1.54, 1.807) is 11.3 Å². The molecule has 0 bridgehead atoms. The highest BCUT2D eigenvalue weighted by molar-refractivity contribution is 14.1. The maximum atomic E-state index is 5.73. The van der Waals surface area contributed by atoms with E-state index >= 15 is 0 Å². The van der Waals surface area contributed by atoms with E-state index in [0.29, 0.717) is 0 Å². The van der Waals surface area contributed by atoms with Gasteiger partial charge in [0.2, 0.25) is 0 Å². The summed E-state index contributed by atoms with van der Waals surface area (Å²) in [5.41, 5.74) is 7.62. The Morgan fingerprint density at radius 2 is 2.24 bits per heavy atom. The second-order valence-corrected chi connectivity index (χ2v) is 6.34. The molecule has 1 aromatic heterocycles. The van der Waals surface area contributed by atoms with Gasteiger partial charge >= 0.3 is 0 Å². The third-order valence-corrected chi connectivity index (χ3v) is 4.36. The Morgan fingerprint density at radius 3 is 2.82 bits per heavy atom. The first-order valence-electron chi connectivity index (χ1n) is 5.30. The number of rotatable bonds is 3. The summed E-state index contributed by atoms with van der Waals surface area (Å²) in [4.78, 5) is 5.62. The molecule has 17 heavy (non-hydrogen) atoms. The van der Waals surface area contributed by atoms with Gasteiger partial charge in [-0.3, -0.25) is 0 Å². The van der Waals surface area contributed by atoms with E-state index in [9.17, 15) is 0 Å². The normalized spacial score (nSPS) is 12.4. The molecule has 1 heterocycles. The van der Waals surface area contributed by atoms with E-state index < -0.39 is 0 Å². The van der Waals surface area contributed by atoms with Gasteiger partial charge in [0.25, 0.3) is 0 Å². The molecule has 5 heteroatoms. The van der Waals surface area contributed by atoms with Gasteiger partial charge in [-0.25, -0.2) is 4.98 Å². The van der Waals surface area contributed by atoms with Crippen LogP contribution < -0.4 is 11.1 Å². The summed E-state index contributed by atoms with van der Waals surface area (Å²) in [5, 5.41) is 4.56. The number of aryl methyl sites for hydroxylation is 1. The van der Waals surface area contributed by atoms with Crippen LogP contribution in [0.5, 0.6) is 0 Å². The number of hydrogen-bond donors (Lipinski definition) is 2. The van der Waals surface area contributed by atoms with E-state index in [1.165, 1.54) is 4.88 Å². The Bertz CT molecular complexity index is 524. The molecule has 0 aliphatic rings. The van der Waals surface area contributed by atoms with Crippen LogP contribution in [0.25, 0.3) is 0 Å². The summed E-state index contributed by atoms with van der Waals surface area (Å²) < 4.78 is 1.13. The van der Waals surface area contributed by atoms with Crippen molar-refractivity contribution in [3.63, 3.8) is 0 Å². The van der Waals surface area contributed by atoms with Crippen molar-refractivity contribution >= 4 is 45.3 Å². The molecule has 2 aromatic rings. The first kappa shape index (κ1) is 12.6. The maximum Gasteiger partial charge on any atom is 0.115 e. The summed E-state index contributed by atoms with van der Waals surface area (Å²) in [6, 6.07) is 6.09. The molecule has 0 saturated heterocycles. The zero-order valence-electron chi connectivity index (χ0n) is 9.70. The van der Waals surface area contributed by atoms with Crippen molar-refractivity contribution in [3.05, 3.63) is 37.9 Å². The van der Waals surface area contributed by atoms with Crippen LogP contribution >= 0.6 is 33.9 Å². The van der Waals surface area contributed by atoms with Crippen LogP contribution in [0, 0.1) is 10.5 Å². The number of nitrogens with one attached hydrogen (secondary N) is 1. The van der Waals surface area contributed by atoms with Crippen molar-refractivity contribution in [3.8, 4) is 0 Å². The number of anilines is 2. The third kappa shape index (κ3) is 3.10. The number of benzene rings is 1. The predicted octanol–water partition coefficient (Wildman–Crippen LogP) is 3.81. The van der Waals surface area contributed by atoms with Gasteiger partial charge in [0.15, 0.2) is 0 Å². The average molecular weight is 359 g/mol. The number of thiazole rings is 1. The fraction of sp³-hybridized carbons (Fsp3) is 0.250. The van der Waals surface area contributed by atoms with Crippen molar-refractivity contribution in [1.82, 2.24) is 4.98 Å². The smallest absolute Gasteiger partial charge is 0.115 e. The van der Waals surface area contributed by atoms with Crippen LogP contribution in [0.15, 0.2) is 24.4 Å². The first-order chi connectivity index (χ1) is 8.06. The van der Waals surface area contributed by atoms with Gasteiger partial charge in [0.05, 0.1) is 6.04 Å². The molecule has 1 unspecified atom stereocenters. The molecular formula is C12H14IN3S. The van der Waals surface area contributed by atoms with Crippen LogP contribution in [0.3, 0.4) is 0 Å². The molecule has 0 fully saturated rings. The maximum absolute atomic E-state index is 5.73. The molecule has 1 atom stereocenters. The van der Waals surface area contributed by atoms with Gasteiger partial charge in [-0.15, -0.1) is 11.3 Å². The number of nitrogens with two attached hydrogens (primary N) is 1. The highest BCUT2D eigenvalue weighted by atomic mass is 127. The largest absolute Gasteiger partial charge is 0.399 e. The Balaban J connectivity index is 2.15. The van der Waals surface area contributed by atoms with Crippen LogP contribution in [0.2, 0.25) is 0 Å². The van der Waals surface area contributed by atoms with E-state index in [4.69, 9.17) is 5.73 Å². The van der Waals surface area contributed by atoms with Gasteiger partial charge in [0.1, 0.15) is 5.01 Å². The summed E-state index contributed by atoms with van der Waals surface area (Å²) in [6.07, 6.45) is 1.91. The molecule has 0 radical (unpaired) electrons. The lowest BCUT2D eigenvalue weighted by atomic mass is 10.2. The van der Waals surface area contributed by atoms with E-state index in [0.717, 1.165) is 20.0 Å². The SMILES string of the molecule is Cc1cnc(C(C)Nc2ccc(N)cc2I)s1. The average Bonchev–Trinajstić information content (AvgIpc) is 2.69. The minimum absolute atomic E-state index is 0.214. The van der Waals surface area contributed by atoms with Crippen molar-refractivity contribution in [2.45, 2.75) is 19.9 Å². The zero-order chi connectivity index (χ0) is 12.4. The Hall–Kier alpha value is -0.820. The molecule has 0 aliphatic carbocycles. The second-order valence-electron chi connectivity index (χ2n) is 3.91. The number of hydrogen-bond acceptors (Lipinski definition) is 4. The van der Waals surface area contributed by atoms with Gasteiger partial charge in [-0.2, -0.15) is 0 Å². The summed E-state index contributed by atoms with van der Waals surface area (Å²) >= 11 is 4.01. The second kappa shape index (κ2) is 5.22. The quantitative estimate of drug-likeness (QED) is 0.647. The zero-order valence-corrected chi connectivity index (χ0v) is 12.7. The van der Waals surface area contributed by atoms with Crippen molar-refractivity contribution in [2.75, 3.05) is 11.1 Å². The van der Waals surface area contributed by atoms with Gasteiger partial charge in [-0.1, -0.05) is 0 Å². The topological polar surface area (TPSA) is 50.9 Å². The lowest BCUT2D eigenvalue weighted by Crippen LogP contribution is -2.07. The molecule has 3 N–H and O–H groups in total. The van der Waals surface area contributed by atoms with Gasteiger partial charge in [-0.05, 0) is 54.6 Å². The molecule has 0 saturated carbocycles. The highest BCUT2D eigenvalue weighted by Gasteiger charge is 2.10. The van der Waals surface area contributed by atoms with Gasteiger partial charge in [0, 0.05) is 26.0 Å². The monoisotopic (exact) mass is 359 g/mol. The van der Waals surface area contributed by atoms with Crippen LogP contribution in [-0.4, -0.2) is 4.98 Å². The predicted molar refractivity (Wildman–Crippen MR) is 82.5 cm³/mol. The fourth-order valence-electron chi connectivity index (χ4n) is 1.52. The summed E-state index contributed by atoms with van der Waals surface area (Å²) in [6.45, 7) is 4.19. The standard InChI is InChI=1S/C12H14IN3S/c1-7-6-15-12(17-7)8(2)16-11-4-3-9(14)5-10(11)13/h3-6,8,16H,14H2,1-2H3. The molecule has 2 rings (SSSR count). The first-order valence-corrected chi connectivity index (χ1v) is 7.19. The number of nitrogen functional groups attached to an aromatic ring is 1. The molecule has 0 aliphatic heterocycles. The van der Waals surface area contributed by atoms with E-state index in [1.807, 2.05) is 24.4 Å². The van der Waals surface area contributed by atoms with Crippen LogP contribution in [0.4, 0.5) is 11.4 Å². The Morgan fingerprint density at radius 1 is 1.47 bits per heavy atom.